The van der Waals surface area contributed by atoms with Gasteiger partial charge in [-0.1, -0.05) is 77.5 Å². The number of aromatic hydroxyl groups is 1. The van der Waals surface area contributed by atoms with Crippen molar-refractivity contribution in [2.45, 2.75) is 37.5 Å². The number of azo groups is 2. The van der Waals surface area contributed by atoms with Gasteiger partial charge in [-0.3, -0.25) is 14.1 Å². The average molecular weight is 1120 g/mol. The number of phenolic OH excluding ortho intramolecular Hbond substituents is 1. The van der Waals surface area contributed by atoms with Gasteiger partial charge in [0.2, 0.25) is 0 Å². The molecule has 380 valence electrons. The number of carbonyl (C=O) groups excluding carboxylic acids is 2. The van der Waals surface area contributed by atoms with E-state index in [0.717, 1.165) is 6.07 Å². The fourth-order valence-corrected chi connectivity index (χ4v) is 9.41. The van der Waals surface area contributed by atoms with Gasteiger partial charge in [0.15, 0.2) is 5.75 Å². The molecule has 18 nitrogen and oxygen atoms in total. The minimum atomic E-state index is -4.78. The summed E-state index contributed by atoms with van der Waals surface area (Å²) < 4.78 is 77.3. The normalized spacial score (nSPS) is 11.5. The van der Waals surface area contributed by atoms with Crippen LogP contribution in [0.4, 0.5) is 34.1 Å². The second-order valence-electron chi connectivity index (χ2n) is 16.0. The number of carbonyl (C=O) groups is 2. The van der Waals surface area contributed by atoms with Crippen molar-refractivity contribution in [1.82, 2.24) is 0 Å². The van der Waals surface area contributed by atoms with Crippen LogP contribution in [0.15, 0.2) is 164 Å². The summed E-state index contributed by atoms with van der Waals surface area (Å²) in [7, 11) is -9.30. The Hall–Kier alpha value is -6.72. The molecule has 4 N–H and O–H groups in total. The Labute approximate surface area is 470 Å². The summed E-state index contributed by atoms with van der Waals surface area (Å²) in [5.74, 6) is -0.898. The fourth-order valence-electron chi connectivity index (χ4n) is 7.27. The molecule has 8 rings (SSSR count). The van der Waals surface area contributed by atoms with Gasteiger partial charge in [-0.15, -0.1) is 5.11 Å². The van der Waals surface area contributed by atoms with E-state index >= 15 is 0 Å². The van der Waals surface area contributed by atoms with Crippen molar-refractivity contribution in [1.29, 1.82) is 0 Å². The van der Waals surface area contributed by atoms with Gasteiger partial charge in [-0.25, -0.2) is 8.42 Å². The molecule has 2 amide bonds. The van der Waals surface area contributed by atoms with E-state index in [0.29, 0.717) is 68.8 Å². The maximum Gasteiger partial charge on any atom is 2.00 e. The van der Waals surface area contributed by atoms with Crippen LogP contribution in [-0.4, -0.2) is 93.8 Å². The summed E-state index contributed by atoms with van der Waals surface area (Å²) in [6.07, 6.45) is 0. The maximum absolute atomic E-state index is 13.3. The maximum atomic E-state index is 13.3. The van der Waals surface area contributed by atoms with Crippen molar-refractivity contribution in [2.24, 2.45) is 20.5 Å². The molecule has 75 heavy (non-hydrogen) atoms. The van der Waals surface area contributed by atoms with Crippen LogP contribution >= 0.6 is 23.2 Å². The Morgan fingerprint density at radius 1 is 0.600 bits per heavy atom. The number of nitrogens with zero attached hydrogens (tertiary/aromatic N) is 4. The Morgan fingerprint density at radius 3 is 1.48 bits per heavy atom. The molecule has 0 saturated heterocycles. The molecule has 0 spiro atoms. The zero-order valence-corrected chi connectivity index (χ0v) is 45.5. The Balaban J connectivity index is 0.000000241. The summed E-state index contributed by atoms with van der Waals surface area (Å²) in [4.78, 5) is 25.1. The molecule has 0 unspecified atom stereocenters. The molecule has 0 atom stereocenters. The summed E-state index contributed by atoms with van der Waals surface area (Å²) in [5.41, 5.74) is 1.85. The fraction of sp³-hybridized carbons (Fsp3) is 0.115. The molecular weight excluding hydrogens is 1080 g/mol. The smallest absolute Gasteiger partial charge is 0.870 e. The number of benzene rings is 8. The predicted octanol–water partition coefficient (Wildman–Crippen LogP) is 12.3. The molecule has 0 saturated carbocycles. The van der Waals surface area contributed by atoms with Crippen molar-refractivity contribution >= 4 is 149 Å². The third-order valence-electron chi connectivity index (χ3n) is 10.9. The van der Waals surface area contributed by atoms with Crippen LogP contribution < -0.4 is 25.2 Å². The van der Waals surface area contributed by atoms with Gasteiger partial charge >= 0.3 is 37.7 Å². The number of ether oxygens (including phenoxy) is 2. The molecule has 23 heteroatoms. The number of hydrogen-bond acceptors (Lipinski definition) is 15. The summed E-state index contributed by atoms with van der Waals surface area (Å²) in [6.45, 7) is 7.85. The van der Waals surface area contributed by atoms with Crippen molar-refractivity contribution in [3.8, 4) is 23.0 Å². The minimum absolute atomic E-state index is 0. The van der Waals surface area contributed by atoms with Crippen molar-refractivity contribution in [2.75, 3.05) is 23.8 Å². The first-order chi connectivity index (χ1) is 35.2. The van der Waals surface area contributed by atoms with E-state index in [1.165, 1.54) is 31.2 Å². The number of phenols is 1. The molecule has 0 fully saturated rings. The second-order valence-corrected chi connectivity index (χ2v) is 19.5. The molecule has 0 bridgehead atoms. The molecule has 0 aliphatic rings. The van der Waals surface area contributed by atoms with Gasteiger partial charge in [-0.05, 0) is 135 Å². The number of halogens is 2. The molecule has 8 aromatic rings. The minimum Gasteiger partial charge on any atom is -0.870 e. The molecular formula is C52H42CaCl2N6O12S2. The van der Waals surface area contributed by atoms with E-state index in [9.17, 15) is 45.7 Å². The van der Waals surface area contributed by atoms with Crippen molar-refractivity contribution < 1.29 is 55.2 Å². The quantitative estimate of drug-likeness (QED) is 0.0449. The Kier molecular flexibility index (Phi) is 19.0. The van der Waals surface area contributed by atoms with Crippen LogP contribution in [0, 0.1) is 13.8 Å². The van der Waals surface area contributed by atoms with Crippen LogP contribution in [-0.2, 0) is 20.2 Å². The van der Waals surface area contributed by atoms with Gasteiger partial charge in [-0.2, -0.15) is 23.8 Å². The van der Waals surface area contributed by atoms with E-state index in [-0.39, 0.29) is 87.4 Å². The first-order valence-corrected chi connectivity index (χ1v) is 25.7. The SMILES string of the molecule is CCOc1ccc(NC(=O)c2cc3ccccc3c(N=Nc3cc(Cl)c(S(=O)(=O)O)cc3C)c2O)cc1.CCOc1ccc(NC(=O)c2cc3ccccc3c(N=Nc3cc(Cl)c(S(=O)(=O)[O-])cc3C)c2[O-])cc1.[Ca+2]. The van der Waals surface area contributed by atoms with Crippen LogP contribution in [0.2, 0.25) is 10.0 Å². The van der Waals surface area contributed by atoms with Gasteiger partial charge in [0.05, 0.1) is 50.8 Å². The molecule has 8 aromatic carbocycles. The van der Waals surface area contributed by atoms with Gasteiger partial charge in [0, 0.05) is 27.7 Å². The monoisotopic (exact) mass is 1120 g/mol. The van der Waals surface area contributed by atoms with Crippen LogP contribution in [0.1, 0.15) is 45.7 Å². The summed E-state index contributed by atoms with van der Waals surface area (Å²) in [6, 6.07) is 35.2. The van der Waals surface area contributed by atoms with E-state index in [1.807, 2.05) is 13.8 Å². The van der Waals surface area contributed by atoms with Crippen molar-refractivity contribution in [3.05, 3.63) is 166 Å². The predicted molar refractivity (Wildman–Crippen MR) is 284 cm³/mol. The van der Waals surface area contributed by atoms with Crippen LogP contribution in [0.25, 0.3) is 21.5 Å². The number of rotatable bonds is 14. The number of nitrogens with one attached hydrogen (secondary N) is 2. The third-order valence-corrected chi connectivity index (χ3v) is 13.5. The van der Waals surface area contributed by atoms with E-state index in [2.05, 4.69) is 31.1 Å². The zero-order valence-electron chi connectivity index (χ0n) is 40.2. The van der Waals surface area contributed by atoms with E-state index in [4.69, 9.17) is 32.7 Å². The largest absolute Gasteiger partial charge is 2.00 e. The van der Waals surface area contributed by atoms with E-state index in [1.54, 1.807) is 110 Å². The number of fused-ring (bicyclic) bond motifs is 2. The van der Waals surface area contributed by atoms with Gasteiger partial charge in [0.25, 0.3) is 21.9 Å². The zero-order chi connectivity index (χ0) is 53.5. The molecule has 0 radical (unpaired) electrons. The van der Waals surface area contributed by atoms with Gasteiger partial charge < -0.3 is 34.9 Å². The first-order valence-electron chi connectivity index (χ1n) is 22.1. The molecule has 0 aliphatic carbocycles. The van der Waals surface area contributed by atoms with Crippen molar-refractivity contribution in [3.63, 3.8) is 0 Å². The summed E-state index contributed by atoms with van der Waals surface area (Å²) in [5, 5.41) is 48.0. The Bertz CT molecular complexity index is 3530. The number of aryl methyl sites for hydroxylation is 2. The molecule has 0 heterocycles. The summed E-state index contributed by atoms with van der Waals surface area (Å²) >= 11 is 12.0. The van der Waals surface area contributed by atoms with Crippen LogP contribution in [0.3, 0.4) is 0 Å². The number of hydrogen-bond donors (Lipinski definition) is 4. The standard InChI is InChI=1S/2C26H22ClN3O6S.Ca/c2*1-3-36-18-10-8-17(9-11-18)28-26(32)20-13-16-6-4-5-7-19(16)24(25(20)31)30-29-22-14-21(27)23(12-15(22)2)37(33,34)35;/h2*4-14,31H,3H2,1-2H3,(H,28,32)(H,33,34,35);/q;;+2/p-2. The topological polar surface area (TPSA) is 281 Å². The molecule has 0 aliphatic heterocycles. The third kappa shape index (κ3) is 14.0. The molecule has 0 aromatic heterocycles. The van der Waals surface area contributed by atoms with Crippen LogP contribution in [0.5, 0.6) is 23.0 Å². The number of amides is 2. The second kappa shape index (κ2) is 24.7. The average Bonchev–Trinajstić information content (AvgIpc) is 3.35. The first kappa shape index (κ1) is 57.6. The van der Waals surface area contributed by atoms with Gasteiger partial charge in [0.1, 0.15) is 32.2 Å². The number of anilines is 2. The van der Waals surface area contributed by atoms with E-state index < -0.39 is 47.6 Å². The Morgan fingerprint density at radius 2 is 1.01 bits per heavy atom.